The third kappa shape index (κ3) is 9.28. The number of fused-ring (bicyclic) bond motifs is 1. The standard InChI is InChI=1S/C33H50F3N5O7/c1-10-13-37-27(44)24(42)20(14-33(34,35)36)38-26(43)23-21-19(32(21,8)9)15-41(23)28(45)25(31(5,6)7)40-30(47)39-22(16(2)3)29(46)48-17(4)18-11-12-18/h10,16-23,25H,1,11-15H2,2-9H3,(H,37,44)(H,38,43)(H2,39,40,47)/t17?,19-,20?,21-,22-,23-,25+/m0/s1. The first-order chi connectivity index (χ1) is 22.0. The van der Waals surface area contributed by atoms with Crippen molar-refractivity contribution in [2.45, 2.75) is 111 Å². The van der Waals surface area contributed by atoms with E-state index in [9.17, 15) is 41.9 Å². The van der Waals surface area contributed by atoms with Crippen molar-refractivity contribution in [2.75, 3.05) is 13.1 Å². The second kappa shape index (κ2) is 14.5. The lowest BCUT2D eigenvalue weighted by atomic mass is 9.85. The number of amides is 5. The van der Waals surface area contributed by atoms with Crippen LogP contribution in [0.25, 0.3) is 0 Å². The van der Waals surface area contributed by atoms with Crippen molar-refractivity contribution < 1.29 is 46.7 Å². The van der Waals surface area contributed by atoms with Gasteiger partial charge in [0.25, 0.3) is 5.91 Å². The minimum Gasteiger partial charge on any atom is -0.461 e. The maximum Gasteiger partial charge on any atom is 0.391 e. The highest BCUT2D eigenvalue weighted by Crippen LogP contribution is 2.65. The SMILES string of the molecule is C=CCNC(=O)C(=O)C(CC(F)(F)F)NC(=O)[C@@H]1[C@@H]2[C@H](CN1C(=O)[C@@H](NC(=O)N[C@H](C(=O)OC(C)C1CC1)C(C)C)C(C)(C)C)C2(C)C. The van der Waals surface area contributed by atoms with Gasteiger partial charge in [0.05, 0.1) is 6.42 Å². The summed E-state index contributed by atoms with van der Waals surface area (Å²) in [6.07, 6.45) is -3.82. The lowest BCUT2D eigenvalue weighted by Gasteiger charge is -2.38. The predicted octanol–water partition coefficient (Wildman–Crippen LogP) is 2.86. The van der Waals surface area contributed by atoms with Gasteiger partial charge in [-0.2, -0.15) is 13.2 Å². The molecule has 0 spiro atoms. The van der Waals surface area contributed by atoms with Gasteiger partial charge in [0, 0.05) is 13.1 Å². The summed E-state index contributed by atoms with van der Waals surface area (Å²) in [5.41, 5.74) is -1.35. The summed E-state index contributed by atoms with van der Waals surface area (Å²) < 4.78 is 46.0. The molecule has 3 aliphatic rings. The minimum atomic E-state index is -4.90. The number of esters is 1. The molecule has 270 valence electrons. The first-order valence-electron chi connectivity index (χ1n) is 16.4. The van der Waals surface area contributed by atoms with Crippen molar-refractivity contribution >= 4 is 35.5 Å². The molecular formula is C33H50F3N5O7. The molecule has 1 heterocycles. The van der Waals surface area contributed by atoms with Crippen LogP contribution < -0.4 is 21.3 Å². The summed E-state index contributed by atoms with van der Waals surface area (Å²) in [5, 5.41) is 9.50. The highest BCUT2D eigenvalue weighted by atomic mass is 19.4. The lowest BCUT2D eigenvalue weighted by molar-refractivity contribution is -0.155. The highest BCUT2D eigenvalue weighted by molar-refractivity contribution is 6.38. The van der Waals surface area contributed by atoms with E-state index in [0.717, 1.165) is 12.8 Å². The van der Waals surface area contributed by atoms with Crippen molar-refractivity contribution in [3.05, 3.63) is 12.7 Å². The van der Waals surface area contributed by atoms with Gasteiger partial charge in [0.1, 0.15) is 30.3 Å². The molecular weight excluding hydrogens is 635 g/mol. The Morgan fingerprint density at radius 1 is 1.00 bits per heavy atom. The van der Waals surface area contributed by atoms with E-state index in [1.807, 2.05) is 13.8 Å². The van der Waals surface area contributed by atoms with Gasteiger partial charge < -0.3 is 30.9 Å². The van der Waals surface area contributed by atoms with Gasteiger partial charge in [-0.05, 0) is 54.3 Å². The van der Waals surface area contributed by atoms with Crippen LogP contribution in [-0.4, -0.2) is 89.9 Å². The zero-order valence-electron chi connectivity index (χ0n) is 29.0. The van der Waals surface area contributed by atoms with Crippen molar-refractivity contribution in [1.29, 1.82) is 0 Å². The Bertz CT molecular complexity index is 1290. The topological polar surface area (TPSA) is 163 Å². The number of halogens is 3. The van der Waals surface area contributed by atoms with Gasteiger partial charge in [-0.1, -0.05) is 54.5 Å². The van der Waals surface area contributed by atoms with E-state index < -0.39 is 89.0 Å². The number of carbonyl (C=O) groups excluding carboxylic acids is 6. The van der Waals surface area contributed by atoms with E-state index in [2.05, 4.69) is 27.8 Å². The van der Waals surface area contributed by atoms with Crippen LogP contribution in [0.5, 0.6) is 0 Å². The summed E-state index contributed by atoms with van der Waals surface area (Å²) in [5.74, 6) is -5.74. The molecule has 0 aromatic rings. The second-order valence-corrected chi connectivity index (χ2v) is 15.3. The molecule has 0 aromatic carbocycles. The van der Waals surface area contributed by atoms with Gasteiger partial charge in [0.15, 0.2) is 0 Å². The Kier molecular flexibility index (Phi) is 11.7. The van der Waals surface area contributed by atoms with Crippen LogP contribution in [-0.2, 0) is 28.7 Å². The van der Waals surface area contributed by atoms with Gasteiger partial charge in [-0.15, -0.1) is 6.58 Å². The third-order valence-electron chi connectivity index (χ3n) is 9.64. The van der Waals surface area contributed by atoms with Crippen molar-refractivity contribution in [1.82, 2.24) is 26.2 Å². The summed E-state index contributed by atoms with van der Waals surface area (Å²) in [7, 11) is 0. The van der Waals surface area contributed by atoms with Crippen molar-refractivity contribution in [3.63, 3.8) is 0 Å². The normalized spacial score (nSPS) is 23.9. The fourth-order valence-electron chi connectivity index (χ4n) is 6.47. The van der Waals surface area contributed by atoms with Crippen molar-refractivity contribution in [3.8, 4) is 0 Å². The number of ether oxygens (including phenoxy) is 1. The zero-order chi connectivity index (χ0) is 36.5. The number of nitrogens with one attached hydrogen (secondary N) is 4. The van der Waals surface area contributed by atoms with Crippen LogP contribution in [0.2, 0.25) is 0 Å². The Hall–Kier alpha value is -3.65. The molecule has 1 aliphatic heterocycles. The zero-order valence-corrected chi connectivity index (χ0v) is 29.0. The maximum atomic E-state index is 14.2. The highest BCUT2D eigenvalue weighted by Gasteiger charge is 2.70. The monoisotopic (exact) mass is 685 g/mol. The molecule has 0 radical (unpaired) electrons. The van der Waals surface area contributed by atoms with Gasteiger partial charge >= 0.3 is 18.2 Å². The summed E-state index contributed by atoms with van der Waals surface area (Å²) in [6, 6.07) is -6.54. The minimum absolute atomic E-state index is 0.0855. The predicted molar refractivity (Wildman–Crippen MR) is 169 cm³/mol. The fourth-order valence-corrected chi connectivity index (χ4v) is 6.47. The maximum absolute atomic E-state index is 14.2. The van der Waals surface area contributed by atoms with Gasteiger partial charge in [-0.3, -0.25) is 19.2 Å². The molecule has 12 nitrogen and oxygen atoms in total. The largest absolute Gasteiger partial charge is 0.461 e. The Balaban J connectivity index is 1.82. The third-order valence-corrected chi connectivity index (χ3v) is 9.64. The average molecular weight is 686 g/mol. The molecule has 7 atom stereocenters. The molecule has 4 N–H and O–H groups in total. The molecule has 5 amide bonds. The van der Waals surface area contributed by atoms with E-state index in [1.54, 1.807) is 41.5 Å². The summed E-state index contributed by atoms with van der Waals surface area (Å²) in [4.78, 5) is 80.3. The average Bonchev–Trinajstić information content (AvgIpc) is 3.84. The number of carbonyl (C=O) groups is 6. The molecule has 2 unspecified atom stereocenters. The molecule has 3 rings (SSSR count). The fraction of sp³-hybridized carbons (Fsp3) is 0.758. The van der Waals surface area contributed by atoms with Crippen LogP contribution in [0.3, 0.4) is 0 Å². The van der Waals surface area contributed by atoms with Crippen LogP contribution in [0.15, 0.2) is 12.7 Å². The smallest absolute Gasteiger partial charge is 0.391 e. The molecule has 2 saturated carbocycles. The Morgan fingerprint density at radius 2 is 1.60 bits per heavy atom. The Morgan fingerprint density at radius 3 is 2.10 bits per heavy atom. The first-order valence-corrected chi connectivity index (χ1v) is 16.4. The quantitative estimate of drug-likeness (QED) is 0.124. The molecule has 0 aromatic heterocycles. The molecule has 0 bridgehead atoms. The van der Waals surface area contributed by atoms with Crippen LogP contribution >= 0.6 is 0 Å². The number of nitrogens with zero attached hydrogens (tertiary/aromatic N) is 1. The number of rotatable bonds is 14. The van der Waals surface area contributed by atoms with Crippen LogP contribution in [0.4, 0.5) is 18.0 Å². The number of piperidine rings is 1. The molecule has 1 saturated heterocycles. The molecule has 3 fully saturated rings. The number of urea groups is 1. The van der Waals surface area contributed by atoms with E-state index in [1.165, 1.54) is 11.0 Å². The Labute approximate surface area is 279 Å². The molecule has 15 heteroatoms. The van der Waals surface area contributed by atoms with Crippen molar-refractivity contribution in [2.24, 2.45) is 34.5 Å². The van der Waals surface area contributed by atoms with E-state index >= 15 is 0 Å². The number of ketones is 1. The summed E-state index contributed by atoms with van der Waals surface area (Å²) >= 11 is 0. The van der Waals surface area contributed by atoms with Crippen LogP contribution in [0.1, 0.15) is 74.7 Å². The van der Waals surface area contributed by atoms with Crippen LogP contribution in [0, 0.1) is 34.5 Å². The number of hydrogen-bond acceptors (Lipinski definition) is 7. The molecule has 2 aliphatic carbocycles. The number of likely N-dealkylation sites (tertiary alicyclic amines) is 1. The van der Waals surface area contributed by atoms with Gasteiger partial charge in [-0.25, -0.2) is 9.59 Å². The van der Waals surface area contributed by atoms with E-state index in [0.29, 0.717) is 0 Å². The van der Waals surface area contributed by atoms with E-state index in [4.69, 9.17) is 4.74 Å². The van der Waals surface area contributed by atoms with E-state index in [-0.39, 0.29) is 36.9 Å². The first kappa shape index (κ1) is 38.8. The second-order valence-electron chi connectivity index (χ2n) is 15.3. The van der Waals surface area contributed by atoms with Gasteiger partial charge in [0.2, 0.25) is 17.6 Å². The summed E-state index contributed by atoms with van der Waals surface area (Å²) in [6.45, 7) is 17.4. The molecule has 48 heavy (non-hydrogen) atoms. The number of alkyl halides is 3. The lowest BCUT2D eigenvalue weighted by Crippen LogP contribution is -2.62. The number of hydrogen-bond donors (Lipinski definition) is 4. The number of Topliss-reactive ketones (excluding diaryl/α,β-unsaturated/α-hetero) is 1.